The third-order valence-corrected chi connectivity index (χ3v) is 2.63. The van der Waals surface area contributed by atoms with Gasteiger partial charge in [-0.2, -0.15) is 0 Å². The molecular weight excluding hydrogens is 230 g/mol. The second-order valence-corrected chi connectivity index (χ2v) is 3.84. The fourth-order valence-corrected chi connectivity index (χ4v) is 1.61. The van der Waals surface area contributed by atoms with Crippen molar-refractivity contribution in [2.24, 2.45) is 0 Å². The van der Waals surface area contributed by atoms with Gasteiger partial charge in [0.25, 0.3) is 0 Å². The molecule has 0 spiro atoms. The molecule has 4 nitrogen and oxygen atoms in total. The molecule has 0 heterocycles. The SMILES string of the molecule is CNc1cccc(OCc2c(O)cccc2O)c1. The zero-order valence-electron chi connectivity index (χ0n) is 10.1. The first-order valence-corrected chi connectivity index (χ1v) is 5.61. The van der Waals surface area contributed by atoms with Gasteiger partial charge in [0.2, 0.25) is 0 Å². The number of aromatic hydroxyl groups is 2. The Morgan fingerprint density at radius 3 is 2.39 bits per heavy atom. The van der Waals surface area contributed by atoms with Crippen LogP contribution in [0.5, 0.6) is 17.2 Å². The summed E-state index contributed by atoms with van der Waals surface area (Å²) >= 11 is 0. The summed E-state index contributed by atoms with van der Waals surface area (Å²) in [6.45, 7) is 0.117. The third-order valence-electron chi connectivity index (χ3n) is 2.63. The molecule has 0 saturated heterocycles. The van der Waals surface area contributed by atoms with Gasteiger partial charge in [0.15, 0.2) is 0 Å². The maximum Gasteiger partial charge on any atom is 0.125 e. The molecular formula is C14H15NO3. The second-order valence-electron chi connectivity index (χ2n) is 3.84. The van der Waals surface area contributed by atoms with Crippen molar-refractivity contribution in [1.29, 1.82) is 0 Å². The Morgan fingerprint density at radius 2 is 1.72 bits per heavy atom. The summed E-state index contributed by atoms with van der Waals surface area (Å²) in [4.78, 5) is 0. The Labute approximate surface area is 105 Å². The molecule has 0 unspecified atom stereocenters. The lowest BCUT2D eigenvalue weighted by molar-refractivity contribution is 0.291. The van der Waals surface area contributed by atoms with Crippen molar-refractivity contribution >= 4 is 5.69 Å². The summed E-state index contributed by atoms with van der Waals surface area (Å²) in [5.41, 5.74) is 1.32. The van der Waals surface area contributed by atoms with Crippen molar-refractivity contribution in [3.63, 3.8) is 0 Å². The molecule has 0 fully saturated rings. The van der Waals surface area contributed by atoms with Gasteiger partial charge in [-0.1, -0.05) is 12.1 Å². The van der Waals surface area contributed by atoms with E-state index in [1.54, 1.807) is 6.07 Å². The fourth-order valence-electron chi connectivity index (χ4n) is 1.61. The van der Waals surface area contributed by atoms with Crippen LogP contribution in [0.25, 0.3) is 0 Å². The van der Waals surface area contributed by atoms with Gasteiger partial charge in [0.05, 0.1) is 5.56 Å². The quantitative estimate of drug-likeness (QED) is 0.775. The Hall–Kier alpha value is -2.36. The molecule has 0 aliphatic heterocycles. The summed E-state index contributed by atoms with van der Waals surface area (Å²) < 4.78 is 5.54. The number of hydrogen-bond donors (Lipinski definition) is 3. The van der Waals surface area contributed by atoms with Crippen LogP contribution in [-0.2, 0) is 6.61 Å². The van der Waals surface area contributed by atoms with Crippen molar-refractivity contribution in [2.45, 2.75) is 6.61 Å². The molecule has 3 N–H and O–H groups in total. The lowest BCUT2D eigenvalue weighted by atomic mass is 10.2. The first-order chi connectivity index (χ1) is 8.70. The number of phenolic OH excluding ortho intramolecular Hbond substituents is 2. The van der Waals surface area contributed by atoms with E-state index in [0.29, 0.717) is 11.3 Å². The second kappa shape index (κ2) is 5.31. The molecule has 2 aromatic rings. The number of nitrogens with one attached hydrogen (secondary N) is 1. The first-order valence-electron chi connectivity index (χ1n) is 5.61. The predicted octanol–water partition coefficient (Wildman–Crippen LogP) is 2.72. The van der Waals surface area contributed by atoms with E-state index in [1.807, 2.05) is 31.3 Å². The normalized spacial score (nSPS) is 10.1. The van der Waals surface area contributed by atoms with E-state index in [1.165, 1.54) is 12.1 Å². The summed E-state index contributed by atoms with van der Waals surface area (Å²) in [5, 5.41) is 22.2. The highest BCUT2D eigenvalue weighted by molar-refractivity contribution is 5.48. The minimum Gasteiger partial charge on any atom is -0.507 e. The van der Waals surface area contributed by atoms with Crippen LogP contribution >= 0.6 is 0 Å². The highest BCUT2D eigenvalue weighted by Crippen LogP contribution is 2.28. The largest absolute Gasteiger partial charge is 0.507 e. The molecule has 0 atom stereocenters. The maximum atomic E-state index is 9.62. The van der Waals surface area contributed by atoms with Gasteiger partial charge in [0, 0.05) is 18.8 Å². The number of anilines is 1. The molecule has 18 heavy (non-hydrogen) atoms. The van der Waals surface area contributed by atoms with Crippen molar-refractivity contribution in [2.75, 3.05) is 12.4 Å². The highest BCUT2D eigenvalue weighted by Gasteiger charge is 2.07. The Bertz CT molecular complexity index is 520. The topological polar surface area (TPSA) is 61.7 Å². The van der Waals surface area contributed by atoms with E-state index in [4.69, 9.17) is 4.74 Å². The van der Waals surface area contributed by atoms with Crippen LogP contribution in [-0.4, -0.2) is 17.3 Å². The summed E-state index contributed by atoms with van der Waals surface area (Å²) in [6, 6.07) is 12.1. The zero-order chi connectivity index (χ0) is 13.0. The highest BCUT2D eigenvalue weighted by atomic mass is 16.5. The van der Waals surface area contributed by atoms with E-state index in [-0.39, 0.29) is 18.1 Å². The van der Waals surface area contributed by atoms with Crippen LogP contribution in [0.3, 0.4) is 0 Å². The van der Waals surface area contributed by atoms with E-state index < -0.39 is 0 Å². The number of ether oxygens (including phenoxy) is 1. The molecule has 2 rings (SSSR count). The smallest absolute Gasteiger partial charge is 0.125 e. The summed E-state index contributed by atoms with van der Waals surface area (Å²) in [6.07, 6.45) is 0. The van der Waals surface area contributed by atoms with E-state index in [2.05, 4.69) is 5.32 Å². The third kappa shape index (κ3) is 2.66. The number of phenols is 2. The molecule has 4 heteroatoms. The molecule has 0 radical (unpaired) electrons. The molecule has 0 aromatic heterocycles. The number of hydrogen-bond acceptors (Lipinski definition) is 4. The monoisotopic (exact) mass is 245 g/mol. The van der Waals surface area contributed by atoms with Gasteiger partial charge in [-0.05, 0) is 24.3 Å². The van der Waals surface area contributed by atoms with Crippen molar-refractivity contribution in [3.05, 3.63) is 48.0 Å². The van der Waals surface area contributed by atoms with Crippen LogP contribution < -0.4 is 10.1 Å². The van der Waals surface area contributed by atoms with Crippen LogP contribution in [0.1, 0.15) is 5.56 Å². The maximum absolute atomic E-state index is 9.62. The Balaban J connectivity index is 2.11. The lowest BCUT2D eigenvalue weighted by Gasteiger charge is -2.10. The minimum absolute atomic E-state index is 0.0276. The average Bonchev–Trinajstić information content (AvgIpc) is 2.38. The average molecular weight is 245 g/mol. The zero-order valence-corrected chi connectivity index (χ0v) is 10.1. The molecule has 94 valence electrons. The van der Waals surface area contributed by atoms with Gasteiger partial charge in [-0.15, -0.1) is 0 Å². The van der Waals surface area contributed by atoms with Crippen LogP contribution in [0, 0.1) is 0 Å². The van der Waals surface area contributed by atoms with Gasteiger partial charge >= 0.3 is 0 Å². The Kier molecular flexibility index (Phi) is 3.57. The molecule has 2 aromatic carbocycles. The van der Waals surface area contributed by atoms with Crippen LogP contribution in [0.2, 0.25) is 0 Å². The van der Waals surface area contributed by atoms with Crippen LogP contribution in [0.4, 0.5) is 5.69 Å². The van der Waals surface area contributed by atoms with Crippen molar-refractivity contribution in [1.82, 2.24) is 0 Å². The number of benzene rings is 2. The number of rotatable bonds is 4. The van der Waals surface area contributed by atoms with E-state index in [0.717, 1.165) is 5.69 Å². The molecule has 0 aliphatic carbocycles. The standard InChI is InChI=1S/C14H15NO3/c1-15-10-4-2-5-11(8-10)18-9-12-13(16)6-3-7-14(12)17/h2-8,15-17H,9H2,1H3. The van der Waals surface area contributed by atoms with Crippen molar-refractivity contribution < 1.29 is 14.9 Å². The van der Waals surface area contributed by atoms with Gasteiger partial charge in [0.1, 0.15) is 23.9 Å². The van der Waals surface area contributed by atoms with E-state index >= 15 is 0 Å². The van der Waals surface area contributed by atoms with Crippen molar-refractivity contribution in [3.8, 4) is 17.2 Å². The molecule has 0 aliphatic rings. The van der Waals surface area contributed by atoms with Gasteiger partial charge in [-0.3, -0.25) is 0 Å². The molecule has 0 amide bonds. The predicted molar refractivity (Wildman–Crippen MR) is 70.1 cm³/mol. The van der Waals surface area contributed by atoms with Crippen LogP contribution in [0.15, 0.2) is 42.5 Å². The Morgan fingerprint density at radius 1 is 1.06 bits per heavy atom. The summed E-state index contributed by atoms with van der Waals surface area (Å²) in [7, 11) is 1.83. The summed E-state index contributed by atoms with van der Waals surface area (Å²) in [5.74, 6) is 0.726. The van der Waals surface area contributed by atoms with E-state index in [9.17, 15) is 10.2 Å². The van der Waals surface area contributed by atoms with Gasteiger partial charge in [-0.25, -0.2) is 0 Å². The minimum atomic E-state index is 0.0276. The molecule has 0 bridgehead atoms. The van der Waals surface area contributed by atoms with Gasteiger partial charge < -0.3 is 20.3 Å². The fraction of sp³-hybridized carbons (Fsp3) is 0.143. The lowest BCUT2D eigenvalue weighted by Crippen LogP contribution is -1.97. The first kappa shape index (κ1) is 12.1. The molecule has 0 saturated carbocycles.